The minimum absolute atomic E-state index is 0.136. The van der Waals surface area contributed by atoms with Crippen LogP contribution in [0, 0.1) is 23.2 Å². The topological polar surface area (TPSA) is 67.4 Å². The van der Waals surface area contributed by atoms with E-state index in [9.17, 15) is 9.59 Å². The molecular weight excluding hydrogens is 412 g/mol. The number of anilines is 1. The Morgan fingerprint density at radius 1 is 1.06 bits per heavy atom. The molecule has 1 heterocycles. The van der Waals surface area contributed by atoms with Gasteiger partial charge < -0.3 is 10.1 Å². The number of ketones is 1. The normalized spacial score (nSPS) is 32.8. The summed E-state index contributed by atoms with van der Waals surface area (Å²) in [6.07, 6.45) is 9.52. The summed E-state index contributed by atoms with van der Waals surface area (Å²) in [6.45, 7) is 9.88. The molecule has 4 fully saturated rings. The van der Waals surface area contributed by atoms with Gasteiger partial charge in [-0.15, -0.1) is 0 Å². The first kappa shape index (κ1) is 22.5. The summed E-state index contributed by atoms with van der Waals surface area (Å²) < 4.78 is 5.40. The molecule has 33 heavy (non-hydrogen) atoms. The van der Waals surface area contributed by atoms with Gasteiger partial charge in [-0.1, -0.05) is 6.07 Å². The summed E-state index contributed by atoms with van der Waals surface area (Å²) in [5.74, 6) is 2.58. The van der Waals surface area contributed by atoms with Gasteiger partial charge in [0.1, 0.15) is 5.60 Å². The second kappa shape index (κ2) is 7.61. The van der Waals surface area contributed by atoms with Crippen LogP contribution in [0.3, 0.4) is 0 Å². The fraction of sp³-hybridized carbons (Fsp3) is 0.643. The van der Waals surface area contributed by atoms with E-state index in [0.29, 0.717) is 11.5 Å². The number of allylic oxidation sites excluding steroid dienone is 1. The molecule has 1 aliphatic heterocycles. The van der Waals surface area contributed by atoms with Crippen LogP contribution in [0.2, 0.25) is 0 Å². The Bertz CT molecular complexity index is 979. The molecule has 4 saturated carbocycles. The monoisotopic (exact) mass is 450 g/mol. The van der Waals surface area contributed by atoms with Crippen LogP contribution in [0.25, 0.3) is 5.70 Å². The number of benzene rings is 1. The van der Waals surface area contributed by atoms with E-state index in [2.05, 4.69) is 24.5 Å². The average molecular weight is 451 g/mol. The number of rotatable bonds is 3. The van der Waals surface area contributed by atoms with Crippen molar-refractivity contribution in [3.8, 4) is 0 Å². The maximum absolute atomic E-state index is 13.7. The highest BCUT2D eigenvalue weighted by molar-refractivity contribution is 6.01. The standard InChI is InChI=1S/C28H38N2O3/c1-26(2,3)33-25(32)29-21-6-7-22-20(11-21)16-27(4,5)30-23(22)12-24(31)28-13-17-8-18(14-28)10-19(9-17)15-28/h6-7,11-12,17-19,30H,8-10,13-16H2,1-5H3,(H,29,32). The Kier molecular flexibility index (Phi) is 5.19. The van der Waals surface area contributed by atoms with Gasteiger partial charge in [-0.3, -0.25) is 10.1 Å². The molecule has 0 unspecified atom stereocenters. The van der Waals surface area contributed by atoms with Crippen molar-refractivity contribution in [2.24, 2.45) is 23.2 Å². The fourth-order valence-electron chi connectivity index (χ4n) is 7.26. The van der Waals surface area contributed by atoms with Gasteiger partial charge in [0, 0.05) is 34.0 Å². The SMILES string of the molecule is CC1(C)Cc2cc(NC(=O)OC(C)(C)C)ccc2C(=CC(=O)C23CC4CC(CC(C4)C2)C3)N1. The van der Waals surface area contributed by atoms with E-state index in [1.807, 2.05) is 45.0 Å². The number of carbonyl (C=O) groups excluding carboxylic acids is 2. The molecule has 0 saturated heterocycles. The lowest BCUT2D eigenvalue weighted by atomic mass is 9.48. The highest BCUT2D eigenvalue weighted by atomic mass is 16.6. The first-order chi connectivity index (χ1) is 15.4. The smallest absolute Gasteiger partial charge is 0.412 e. The Hall–Kier alpha value is -2.30. The first-order valence-corrected chi connectivity index (χ1v) is 12.6. The fourth-order valence-corrected chi connectivity index (χ4v) is 7.26. The van der Waals surface area contributed by atoms with E-state index in [1.54, 1.807) is 0 Å². The van der Waals surface area contributed by atoms with E-state index in [-0.39, 0.29) is 11.0 Å². The number of ether oxygens (including phenoxy) is 1. The zero-order chi connectivity index (χ0) is 23.6. The second-order valence-corrected chi connectivity index (χ2v) is 12.8. The molecule has 5 nitrogen and oxygen atoms in total. The van der Waals surface area contributed by atoms with E-state index >= 15 is 0 Å². The molecule has 178 valence electrons. The Labute approximate surface area is 197 Å². The highest BCUT2D eigenvalue weighted by Gasteiger charge is 2.54. The summed E-state index contributed by atoms with van der Waals surface area (Å²) in [6, 6.07) is 5.93. The van der Waals surface area contributed by atoms with Crippen molar-refractivity contribution in [1.29, 1.82) is 0 Å². The predicted octanol–water partition coefficient (Wildman–Crippen LogP) is 6.08. The summed E-state index contributed by atoms with van der Waals surface area (Å²) >= 11 is 0. The summed E-state index contributed by atoms with van der Waals surface area (Å²) in [5, 5.41) is 6.48. The summed E-state index contributed by atoms with van der Waals surface area (Å²) in [4.78, 5) is 26.0. The molecule has 0 atom stereocenters. The van der Waals surface area contributed by atoms with Crippen LogP contribution < -0.4 is 10.6 Å². The largest absolute Gasteiger partial charge is 0.444 e. The van der Waals surface area contributed by atoms with Crippen molar-refractivity contribution in [1.82, 2.24) is 5.32 Å². The first-order valence-electron chi connectivity index (χ1n) is 12.6. The molecule has 0 aromatic heterocycles. The maximum Gasteiger partial charge on any atom is 0.412 e. The van der Waals surface area contributed by atoms with Crippen molar-refractivity contribution in [2.45, 2.75) is 90.7 Å². The molecule has 4 bridgehead atoms. The van der Waals surface area contributed by atoms with Gasteiger partial charge in [0.05, 0.1) is 0 Å². The zero-order valence-corrected chi connectivity index (χ0v) is 20.7. The molecule has 6 rings (SSSR count). The van der Waals surface area contributed by atoms with Crippen molar-refractivity contribution in [3.05, 3.63) is 35.4 Å². The molecule has 1 aromatic carbocycles. The molecule has 0 radical (unpaired) electrons. The van der Waals surface area contributed by atoms with E-state index < -0.39 is 11.7 Å². The Morgan fingerprint density at radius 2 is 1.67 bits per heavy atom. The molecular formula is C28H38N2O3. The van der Waals surface area contributed by atoms with Crippen molar-refractivity contribution >= 4 is 23.3 Å². The Balaban J connectivity index is 1.41. The summed E-state index contributed by atoms with van der Waals surface area (Å²) in [7, 11) is 0. The highest BCUT2D eigenvalue weighted by Crippen LogP contribution is 2.60. The minimum Gasteiger partial charge on any atom is -0.444 e. The zero-order valence-electron chi connectivity index (χ0n) is 20.7. The van der Waals surface area contributed by atoms with E-state index in [4.69, 9.17) is 4.74 Å². The van der Waals surface area contributed by atoms with Gasteiger partial charge in [0.25, 0.3) is 0 Å². The van der Waals surface area contributed by atoms with Crippen LogP contribution in [-0.2, 0) is 16.0 Å². The third-order valence-electron chi connectivity index (χ3n) is 7.98. The van der Waals surface area contributed by atoms with Crippen LogP contribution in [0.4, 0.5) is 10.5 Å². The number of nitrogens with one attached hydrogen (secondary N) is 2. The number of amides is 1. The number of hydrogen-bond acceptors (Lipinski definition) is 4. The molecule has 5 heteroatoms. The number of fused-ring (bicyclic) bond motifs is 1. The number of carbonyl (C=O) groups is 2. The van der Waals surface area contributed by atoms with E-state index in [0.717, 1.165) is 60.3 Å². The van der Waals surface area contributed by atoms with Crippen LogP contribution >= 0.6 is 0 Å². The van der Waals surface area contributed by atoms with Crippen molar-refractivity contribution in [3.63, 3.8) is 0 Å². The lowest BCUT2D eigenvalue weighted by Crippen LogP contribution is -2.50. The molecule has 0 spiro atoms. The Morgan fingerprint density at radius 3 is 2.24 bits per heavy atom. The quantitative estimate of drug-likeness (QED) is 0.547. The van der Waals surface area contributed by atoms with Gasteiger partial charge in [0.2, 0.25) is 0 Å². The van der Waals surface area contributed by atoms with Crippen LogP contribution in [0.1, 0.15) is 84.3 Å². The van der Waals surface area contributed by atoms with Crippen molar-refractivity contribution < 1.29 is 14.3 Å². The van der Waals surface area contributed by atoms with Gasteiger partial charge >= 0.3 is 6.09 Å². The average Bonchev–Trinajstić information content (AvgIpc) is 2.64. The van der Waals surface area contributed by atoms with Gasteiger partial charge in [-0.2, -0.15) is 0 Å². The van der Waals surface area contributed by atoms with Crippen LogP contribution in [0.5, 0.6) is 0 Å². The lowest BCUT2D eigenvalue weighted by Gasteiger charge is -2.55. The predicted molar refractivity (Wildman–Crippen MR) is 131 cm³/mol. The van der Waals surface area contributed by atoms with Crippen molar-refractivity contribution in [2.75, 3.05) is 5.32 Å². The van der Waals surface area contributed by atoms with Gasteiger partial charge in [0.15, 0.2) is 5.78 Å². The number of hydrogen-bond donors (Lipinski definition) is 2. The van der Waals surface area contributed by atoms with Crippen LogP contribution in [0.15, 0.2) is 24.3 Å². The van der Waals surface area contributed by atoms with Crippen LogP contribution in [-0.4, -0.2) is 23.0 Å². The molecule has 2 N–H and O–H groups in total. The third kappa shape index (κ3) is 4.56. The maximum atomic E-state index is 13.7. The molecule has 4 aliphatic carbocycles. The second-order valence-electron chi connectivity index (χ2n) is 12.8. The molecule has 5 aliphatic rings. The van der Waals surface area contributed by atoms with E-state index in [1.165, 1.54) is 19.3 Å². The van der Waals surface area contributed by atoms with Gasteiger partial charge in [-0.25, -0.2) is 4.79 Å². The lowest BCUT2D eigenvalue weighted by molar-refractivity contribution is -0.138. The van der Waals surface area contributed by atoms with Gasteiger partial charge in [-0.05, 0) is 115 Å². The molecule has 1 amide bonds. The molecule has 1 aromatic rings. The third-order valence-corrected chi connectivity index (χ3v) is 7.98. The minimum atomic E-state index is -0.544. The summed E-state index contributed by atoms with van der Waals surface area (Å²) in [5.41, 5.74) is 2.98.